The first-order valence-corrected chi connectivity index (χ1v) is 7.17. The van der Waals surface area contributed by atoms with Crippen molar-refractivity contribution in [1.29, 1.82) is 0 Å². The molecule has 0 aromatic heterocycles. The number of hydrogen-bond donors (Lipinski definition) is 1. The number of rotatable bonds is 6. The van der Waals surface area contributed by atoms with Crippen LogP contribution in [0.1, 0.15) is 23.6 Å². The summed E-state index contributed by atoms with van der Waals surface area (Å²) in [5.74, 6) is -0.172. The Kier molecular flexibility index (Phi) is 5.31. The maximum absolute atomic E-state index is 12.8. The maximum Gasteiger partial charge on any atom is 0.123 e. The number of aryl methyl sites for hydroxylation is 1. The summed E-state index contributed by atoms with van der Waals surface area (Å²) in [6.07, 6.45) is 1.96. The minimum Gasteiger partial charge on any atom is -0.314 e. The lowest BCUT2D eigenvalue weighted by Crippen LogP contribution is -2.29. The van der Waals surface area contributed by atoms with Crippen molar-refractivity contribution in [2.24, 2.45) is 0 Å². The fraction of sp³-hybridized carbons (Fsp3) is 0.333. The van der Waals surface area contributed by atoms with Crippen LogP contribution in [0.3, 0.4) is 0 Å². The minimum atomic E-state index is -0.172. The molecule has 20 heavy (non-hydrogen) atoms. The predicted molar refractivity (Wildman–Crippen MR) is 82.5 cm³/mol. The van der Waals surface area contributed by atoms with E-state index in [1.165, 1.54) is 28.8 Å². The van der Waals surface area contributed by atoms with E-state index in [4.69, 9.17) is 0 Å². The third kappa shape index (κ3) is 4.78. The molecule has 0 aliphatic rings. The van der Waals surface area contributed by atoms with Crippen LogP contribution < -0.4 is 5.32 Å². The van der Waals surface area contributed by atoms with Crippen molar-refractivity contribution in [2.75, 3.05) is 6.54 Å². The highest BCUT2D eigenvalue weighted by molar-refractivity contribution is 5.22. The first-order chi connectivity index (χ1) is 9.63. The molecule has 0 fully saturated rings. The van der Waals surface area contributed by atoms with Gasteiger partial charge in [0.25, 0.3) is 0 Å². The van der Waals surface area contributed by atoms with Gasteiger partial charge in [-0.3, -0.25) is 0 Å². The minimum absolute atomic E-state index is 0.172. The molecule has 0 amide bonds. The zero-order valence-corrected chi connectivity index (χ0v) is 12.2. The fourth-order valence-corrected chi connectivity index (χ4v) is 2.38. The Balaban J connectivity index is 1.75. The Morgan fingerprint density at radius 1 is 1.05 bits per heavy atom. The van der Waals surface area contributed by atoms with Gasteiger partial charge >= 0.3 is 0 Å². The van der Waals surface area contributed by atoms with E-state index in [-0.39, 0.29) is 5.82 Å². The third-order valence-corrected chi connectivity index (χ3v) is 3.44. The standard InChI is InChI=1S/C18H22FN/c1-14-4-3-5-16(12-14)10-11-20-15(2)13-17-6-8-18(19)9-7-17/h3-9,12,15,20H,10-11,13H2,1-2H3. The van der Waals surface area contributed by atoms with Gasteiger partial charge in [-0.1, -0.05) is 42.0 Å². The Bertz CT molecular complexity index is 533. The Labute approximate surface area is 120 Å². The van der Waals surface area contributed by atoms with Crippen molar-refractivity contribution in [1.82, 2.24) is 5.32 Å². The molecular formula is C18H22FN. The first-order valence-electron chi connectivity index (χ1n) is 7.17. The molecule has 106 valence electrons. The van der Waals surface area contributed by atoms with Crippen molar-refractivity contribution in [3.63, 3.8) is 0 Å². The summed E-state index contributed by atoms with van der Waals surface area (Å²) in [7, 11) is 0. The molecule has 0 saturated carbocycles. The highest BCUT2D eigenvalue weighted by Crippen LogP contribution is 2.07. The van der Waals surface area contributed by atoms with Gasteiger partial charge in [0, 0.05) is 6.04 Å². The third-order valence-electron chi connectivity index (χ3n) is 3.44. The fourth-order valence-electron chi connectivity index (χ4n) is 2.38. The average Bonchev–Trinajstić information content (AvgIpc) is 2.41. The lowest BCUT2D eigenvalue weighted by Gasteiger charge is -2.14. The van der Waals surface area contributed by atoms with E-state index < -0.39 is 0 Å². The molecule has 1 nitrogen and oxygen atoms in total. The van der Waals surface area contributed by atoms with Crippen LogP contribution in [0, 0.1) is 12.7 Å². The summed E-state index contributed by atoms with van der Waals surface area (Å²) in [6.45, 7) is 5.25. The Morgan fingerprint density at radius 2 is 1.80 bits per heavy atom. The molecule has 1 atom stereocenters. The molecule has 0 saturated heterocycles. The van der Waals surface area contributed by atoms with Crippen molar-refractivity contribution in [3.8, 4) is 0 Å². The van der Waals surface area contributed by atoms with Crippen molar-refractivity contribution < 1.29 is 4.39 Å². The molecule has 2 rings (SSSR count). The van der Waals surface area contributed by atoms with E-state index in [9.17, 15) is 4.39 Å². The number of nitrogens with one attached hydrogen (secondary N) is 1. The van der Waals surface area contributed by atoms with E-state index in [1.54, 1.807) is 0 Å². The van der Waals surface area contributed by atoms with Gasteiger partial charge < -0.3 is 5.32 Å². The molecule has 0 spiro atoms. The summed E-state index contributed by atoms with van der Waals surface area (Å²) in [6, 6.07) is 15.8. The van der Waals surface area contributed by atoms with Gasteiger partial charge in [0.2, 0.25) is 0 Å². The predicted octanol–water partition coefficient (Wildman–Crippen LogP) is 3.90. The second-order valence-electron chi connectivity index (χ2n) is 5.42. The quantitative estimate of drug-likeness (QED) is 0.840. The lowest BCUT2D eigenvalue weighted by molar-refractivity contribution is 0.547. The van der Waals surface area contributed by atoms with Gasteiger partial charge in [0.05, 0.1) is 0 Å². The van der Waals surface area contributed by atoms with E-state index >= 15 is 0 Å². The van der Waals surface area contributed by atoms with Crippen LogP contribution in [-0.4, -0.2) is 12.6 Å². The van der Waals surface area contributed by atoms with Crippen LogP contribution >= 0.6 is 0 Å². The van der Waals surface area contributed by atoms with Crippen LogP contribution in [0.5, 0.6) is 0 Å². The van der Waals surface area contributed by atoms with Crippen molar-refractivity contribution in [2.45, 2.75) is 32.7 Å². The Morgan fingerprint density at radius 3 is 2.50 bits per heavy atom. The summed E-state index contributed by atoms with van der Waals surface area (Å²) in [5.41, 5.74) is 3.84. The molecule has 2 heteroatoms. The summed E-state index contributed by atoms with van der Waals surface area (Å²) >= 11 is 0. The summed E-state index contributed by atoms with van der Waals surface area (Å²) in [4.78, 5) is 0. The van der Waals surface area contributed by atoms with Gasteiger partial charge in [-0.2, -0.15) is 0 Å². The zero-order valence-electron chi connectivity index (χ0n) is 12.2. The average molecular weight is 271 g/mol. The number of halogens is 1. The molecule has 0 heterocycles. The second-order valence-corrected chi connectivity index (χ2v) is 5.42. The van der Waals surface area contributed by atoms with Gasteiger partial charge in [0.15, 0.2) is 0 Å². The largest absolute Gasteiger partial charge is 0.314 e. The molecular weight excluding hydrogens is 249 g/mol. The monoisotopic (exact) mass is 271 g/mol. The molecule has 1 N–H and O–H groups in total. The van der Waals surface area contributed by atoms with Crippen LogP contribution in [-0.2, 0) is 12.8 Å². The van der Waals surface area contributed by atoms with Gasteiger partial charge in [-0.15, -0.1) is 0 Å². The van der Waals surface area contributed by atoms with E-state index in [0.717, 1.165) is 19.4 Å². The summed E-state index contributed by atoms with van der Waals surface area (Å²) < 4.78 is 12.8. The smallest absolute Gasteiger partial charge is 0.123 e. The SMILES string of the molecule is Cc1cccc(CCNC(C)Cc2ccc(F)cc2)c1. The van der Waals surface area contributed by atoms with Crippen molar-refractivity contribution in [3.05, 3.63) is 71.0 Å². The summed E-state index contributed by atoms with van der Waals surface area (Å²) in [5, 5.41) is 3.52. The van der Waals surface area contributed by atoms with Crippen LogP contribution in [0.25, 0.3) is 0 Å². The molecule has 1 unspecified atom stereocenters. The topological polar surface area (TPSA) is 12.0 Å². The molecule has 0 radical (unpaired) electrons. The molecule has 0 bridgehead atoms. The van der Waals surface area contributed by atoms with Gasteiger partial charge in [-0.05, 0) is 56.5 Å². The second kappa shape index (κ2) is 7.20. The highest BCUT2D eigenvalue weighted by Gasteiger charge is 2.03. The number of benzene rings is 2. The maximum atomic E-state index is 12.8. The molecule has 0 aliphatic heterocycles. The number of hydrogen-bond acceptors (Lipinski definition) is 1. The molecule has 2 aromatic carbocycles. The molecule has 2 aromatic rings. The normalized spacial score (nSPS) is 12.3. The zero-order chi connectivity index (χ0) is 14.4. The molecule has 0 aliphatic carbocycles. The van der Waals surface area contributed by atoms with Crippen LogP contribution in [0.4, 0.5) is 4.39 Å². The van der Waals surface area contributed by atoms with E-state index in [0.29, 0.717) is 6.04 Å². The van der Waals surface area contributed by atoms with Gasteiger partial charge in [0.1, 0.15) is 5.82 Å². The van der Waals surface area contributed by atoms with Gasteiger partial charge in [-0.25, -0.2) is 4.39 Å². The van der Waals surface area contributed by atoms with Crippen molar-refractivity contribution >= 4 is 0 Å². The lowest BCUT2D eigenvalue weighted by atomic mass is 10.1. The van der Waals surface area contributed by atoms with Crippen LogP contribution in [0.2, 0.25) is 0 Å². The highest BCUT2D eigenvalue weighted by atomic mass is 19.1. The first kappa shape index (κ1) is 14.7. The Hall–Kier alpha value is -1.67. The van der Waals surface area contributed by atoms with E-state index in [1.807, 2.05) is 12.1 Å². The van der Waals surface area contributed by atoms with Crippen LogP contribution in [0.15, 0.2) is 48.5 Å². The van der Waals surface area contributed by atoms with E-state index in [2.05, 4.69) is 43.4 Å².